The molecule has 1 aliphatic heterocycles. The predicted octanol–water partition coefficient (Wildman–Crippen LogP) is 2.62. The van der Waals surface area contributed by atoms with Crippen LogP contribution in [-0.4, -0.2) is 28.9 Å². The molecule has 4 heteroatoms. The lowest BCUT2D eigenvalue weighted by molar-refractivity contribution is 0.0481. The van der Waals surface area contributed by atoms with Gasteiger partial charge in [0.1, 0.15) is 5.82 Å². The molecule has 3 nitrogen and oxygen atoms in total. The van der Waals surface area contributed by atoms with E-state index in [1.54, 1.807) is 19.1 Å². The maximum atomic E-state index is 14.1. The number of rotatable bonds is 2. The lowest BCUT2D eigenvalue weighted by Gasteiger charge is -2.27. The van der Waals surface area contributed by atoms with Crippen molar-refractivity contribution in [2.45, 2.75) is 44.8 Å². The van der Waals surface area contributed by atoms with Crippen LogP contribution < -0.4 is 4.90 Å². The van der Waals surface area contributed by atoms with E-state index >= 15 is 0 Å². The molecule has 1 aromatic carbocycles. The van der Waals surface area contributed by atoms with Crippen molar-refractivity contribution in [3.05, 3.63) is 29.6 Å². The van der Waals surface area contributed by atoms with Gasteiger partial charge < -0.3 is 15.1 Å². The lowest BCUT2D eigenvalue weighted by Crippen LogP contribution is -2.29. The van der Waals surface area contributed by atoms with Gasteiger partial charge in [0.05, 0.1) is 17.4 Å². The van der Waals surface area contributed by atoms with Crippen LogP contribution in [-0.2, 0) is 0 Å². The molecule has 1 aromatic rings. The molecule has 1 aliphatic rings. The molecule has 2 N–H and O–H groups in total. The van der Waals surface area contributed by atoms with Gasteiger partial charge in [-0.25, -0.2) is 4.39 Å². The summed E-state index contributed by atoms with van der Waals surface area (Å²) < 4.78 is 14.1. The Morgan fingerprint density at radius 3 is 2.74 bits per heavy atom. The predicted molar refractivity (Wildman–Crippen MR) is 73.7 cm³/mol. The Morgan fingerprint density at radius 2 is 2.05 bits per heavy atom. The number of hydrogen-bond acceptors (Lipinski definition) is 3. The second kappa shape index (κ2) is 5.47. The van der Waals surface area contributed by atoms with Crippen molar-refractivity contribution in [2.24, 2.45) is 0 Å². The molecule has 0 spiro atoms. The maximum Gasteiger partial charge on any atom is 0.146 e. The third kappa shape index (κ3) is 3.25. The van der Waals surface area contributed by atoms with Gasteiger partial charge in [-0.2, -0.15) is 0 Å². The summed E-state index contributed by atoms with van der Waals surface area (Å²) in [4.78, 5) is 1.94. The van der Waals surface area contributed by atoms with E-state index in [2.05, 4.69) is 0 Å². The first-order chi connectivity index (χ1) is 8.91. The topological polar surface area (TPSA) is 43.7 Å². The molecule has 0 aromatic heterocycles. The van der Waals surface area contributed by atoms with Crippen molar-refractivity contribution in [3.63, 3.8) is 0 Å². The first kappa shape index (κ1) is 14.3. The van der Waals surface area contributed by atoms with Gasteiger partial charge in [-0.1, -0.05) is 12.1 Å². The van der Waals surface area contributed by atoms with Crippen LogP contribution in [0.15, 0.2) is 18.2 Å². The molecule has 2 rings (SSSR count). The van der Waals surface area contributed by atoms with Crippen LogP contribution in [0.5, 0.6) is 0 Å². The minimum Gasteiger partial charge on any atom is -0.390 e. The Bertz CT molecular complexity index is 446. The van der Waals surface area contributed by atoms with E-state index in [4.69, 9.17) is 0 Å². The number of aliphatic hydroxyl groups is 2. The van der Waals surface area contributed by atoms with Gasteiger partial charge in [0.25, 0.3) is 0 Å². The first-order valence-electron chi connectivity index (χ1n) is 6.84. The van der Waals surface area contributed by atoms with Crippen molar-refractivity contribution in [3.8, 4) is 0 Å². The molecule has 0 radical (unpaired) electrons. The molecule has 2 unspecified atom stereocenters. The van der Waals surface area contributed by atoms with Gasteiger partial charge in [0.2, 0.25) is 0 Å². The fourth-order valence-corrected chi connectivity index (χ4v) is 2.69. The monoisotopic (exact) mass is 267 g/mol. The molecule has 19 heavy (non-hydrogen) atoms. The quantitative estimate of drug-likeness (QED) is 0.865. The van der Waals surface area contributed by atoms with Crippen LogP contribution in [0, 0.1) is 5.82 Å². The smallest absolute Gasteiger partial charge is 0.146 e. The summed E-state index contributed by atoms with van der Waals surface area (Å²) >= 11 is 0. The summed E-state index contributed by atoms with van der Waals surface area (Å²) in [6, 6.07) is 4.80. The Hall–Kier alpha value is -1.13. The van der Waals surface area contributed by atoms with Crippen molar-refractivity contribution < 1.29 is 14.6 Å². The average Bonchev–Trinajstić information content (AvgIpc) is 2.50. The van der Waals surface area contributed by atoms with Crippen LogP contribution in [0.2, 0.25) is 0 Å². The van der Waals surface area contributed by atoms with Crippen molar-refractivity contribution in [1.29, 1.82) is 0 Å². The normalized spacial score (nSPS) is 26.1. The van der Waals surface area contributed by atoms with Gasteiger partial charge >= 0.3 is 0 Å². The molecule has 0 bridgehead atoms. The van der Waals surface area contributed by atoms with Crippen LogP contribution in [0.1, 0.15) is 44.8 Å². The third-order valence-electron chi connectivity index (χ3n) is 3.85. The summed E-state index contributed by atoms with van der Waals surface area (Å²) in [5, 5.41) is 19.9. The van der Waals surface area contributed by atoms with E-state index < -0.39 is 11.7 Å². The van der Waals surface area contributed by atoms with Gasteiger partial charge in [-0.05, 0) is 39.2 Å². The summed E-state index contributed by atoms with van der Waals surface area (Å²) in [6.07, 6.45) is 1.46. The van der Waals surface area contributed by atoms with E-state index in [-0.39, 0.29) is 5.82 Å². The molecule has 2 atom stereocenters. The van der Waals surface area contributed by atoms with Crippen LogP contribution >= 0.6 is 0 Å². The highest BCUT2D eigenvalue weighted by Gasteiger charge is 2.27. The van der Waals surface area contributed by atoms with E-state index in [0.29, 0.717) is 30.8 Å². The van der Waals surface area contributed by atoms with Crippen LogP contribution in [0.3, 0.4) is 0 Å². The summed E-state index contributed by atoms with van der Waals surface area (Å²) in [5.74, 6) is -0.306. The number of aliphatic hydroxyl groups excluding tert-OH is 1. The first-order valence-corrected chi connectivity index (χ1v) is 6.84. The number of para-hydroxylation sites is 1. The Kier molecular flexibility index (Phi) is 4.11. The minimum absolute atomic E-state index is 0.306. The van der Waals surface area contributed by atoms with Crippen LogP contribution in [0.4, 0.5) is 10.1 Å². The number of anilines is 1. The molecule has 0 saturated carbocycles. The molecule has 106 valence electrons. The Labute approximate surface area is 113 Å². The van der Waals surface area contributed by atoms with Crippen molar-refractivity contribution in [1.82, 2.24) is 0 Å². The number of hydrogen-bond donors (Lipinski definition) is 2. The molecular weight excluding hydrogens is 245 g/mol. The summed E-state index contributed by atoms with van der Waals surface area (Å²) in [6.45, 7) is 4.78. The maximum absolute atomic E-state index is 14.1. The molecule has 1 saturated heterocycles. The third-order valence-corrected chi connectivity index (χ3v) is 3.85. The van der Waals surface area contributed by atoms with Gasteiger partial charge in [0, 0.05) is 18.7 Å². The number of benzene rings is 1. The highest BCUT2D eigenvalue weighted by Crippen LogP contribution is 2.32. The lowest BCUT2D eigenvalue weighted by atomic mass is 9.98. The van der Waals surface area contributed by atoms with Crippen molar-refractivity contribution >= 4 is 5.69 Å². The SMILES string of the molecule is CC(O)c1cccc(F)c1N1CCCC(C)(O)CC1. The molecular formula is C15H22FNO2. The molecule has 0 amide bonds. The summed E-state index contributed by atoms with van der Waals surface area (Å²) in [7, 11) is 0. The molecule has 1 heterocycles. The van der Waals surface area contributed by atoms with Crippen molar-refractivity contribution in [2.75, 3.05) is 18.0 Å². The van der Waals surface area contributed by atoms with E-state index in [1.165, 1.54) is 6.07 Å². The van der Waals surface area contributed by atoms with E-state index in [1.807, 2.05) is 11.8 Å². The van der Waals surface area contributed by atoms with Gasteiger partial charge in [-0.3, -0.25) is 0 Å². The average molecular weight is 267 g/mol. The zero-order valence-corrected chi connectivity index (χ0v) is 11.6. The standard InChI is InChI=1S/C15H22FNO2/c1-11(18)12-5-3-6-13(16)14(12)17-9-4-7-15(2,19)8-10-17/h3,5-6,11,18-19H,4,7-10H2,1-2H3. The Morgan fingerprint density at radius 1 is 1.32 bits per heavy atom. The zero-order valence-electron chi connectivity index (χ0n) is 11.6. The fraction of sp³-hybridized carbons (Fsp3) is 0.600. The molecule has 1 fully saturated rings. The molecule has 0 aliphatic carbocycles. The summed E-state index contributed by atoms with van der Waals surface area (Å²) in [5.41, 5.74) is 0.419. The Balaban J connectivity index is 2.31. The van der Waals surface area contributed by atoms with Gasteiger partial charge in [0.15, 0.2) is 0 Å². The van der Waals surface area contributed by atoms with Gasteiger partial charge in [-0.15, -0.1) is 0 Å². The highest BCUT2D eigenvalue weighted by molar-refractivity contribution is 5.56. The minimum atomic E-state index is -0.700. The second-order valence-electron chi connectivity index (χ2n) is 5.69. The second-order valence-corrected chi connectivity index (χ2v) is 5.69. The number of nitrogens with zero attached hydrogens (tertiary/aromatic N) is 1. The van der Waals surface area contributed by atoms with Crippen LogP contribution in [0.25, 0.3) is 0 Å². The zero-order chi connectivity index (χ0) is 14.0. The largest absolute Gasteiger partial charge is 0.390 e. The fourth-order valence-electron chi connectivity index (χ4n) is 2.69. The van der Waals surface area contributed by atoms with E-state index in [0.717, 1.165) is 12.8 Å². The van der Waals surface area contributed by atoms with E-state index in [9.17, 15) is 14.6 Å². The highest BCUT2D eigenvalue weighted by atomic mass is 19.1. The number of halogens is 1.